The number of hydrogen-bond donors (Lipinski definition) is 2. The minimum absolute atomic E-state index is 0.0126. The first-order valence-electron chi connectivity index (χ1n) is 6.30. The Kier molecular flexibility index (Phi) is 8.02. The van der Waals surface area contributed by atoms with Gasteiger partial charge in [0, 0.05) is 23.1 Å². The molecular formula is C13H18ClNO3S2. The largest absolute Gasteiger partial charge is 0.481 e. The number of hydrogen-bond acceptors (Lipinski definition) is 4. The van der Waals surface area contributed by atoms with Gasteiger partial charge in [0.2, 0.25) is 5.91 Å². The van der Waals surface area contributed by atoms with E-state index in [0.29, 0.717) is 18.6 Å². The molecule has 1 amide bonds. The Labute approximate surface area is 131 Å². The zero-order chi connectivity index (χ0) is 15.0. The highest BCUT2D eigenvalue weighted by Gasteiger charge is 2.08. The average molecular weight is 336 g/mol. The maximum Gasteiger partial charge on any atom is 0.303 e. The number of carboxylic acids is 1. The van der Waals surface area contributed by atoms with Crippen molar-refractivity contribution in [2.75, 3.05) is 5.75 Å². The van der Waals surface area contributed by atoms with E-state index in [1.165, 1.54) is 11.3 Å². The lowest BCUT2D eigenvalue weighted by atomic mass is 10.1. The lowest BCUT2D eigenvalue weighted by Crippen LogP contribution is -2.33. The summed E-state index contributed by atoms with van der Waals surface area (Å²) in [5.41, 5.74) is 0. The second kappa shape index (κ2) is 9.26. The van der Waals surface area contributed by atoms with Crippen molar-refractivity contribution in [1.82, 2.24) is 5.32 Å². The molecule has 4 nitrogen and oxygen atoms in total. The first-order valence-corrected chi connectivity index (χ1v) is 8.65. The van der Waals surface area contributed by atoms with Gasteiger partial charge in [-0.15, -0.1) is 23.1 Å². The molecule has 0 bridgehead atoms. The van der Waals surface area contributed by atoms with Crippen molar-refractivity contribution in [3.63, 3.8) is 0 Å². The van der Waals surface area contributed by atoms with Crippen molar-refractivity contribution in [3.8, 4) is 0 Å². The number of amides is 1. The van der Waals surface area contributed by atoms with Crippen LogP contribution in [0.25, 0.3) is 0 Å². The van der Waals surface area contributed by atoms with Crippen LogP contribution in [0.5, 0.6) is 0 Å². The molecule has 1 atom stereocenters. The molecule has 0 aliphatic carbocycles. The smallest absolute Gasteiger partial charge is 0.303 e. The summed E-state index contributed by atoms with van der Waals surface area (Å²) in [4.78, 5) is 23.2. The van der Waals surface area contributed by atoms with Crippen LogP contribution in [0.1, 0.15) is 31.1 Å². The van der Waals surface area contributed by atoms with Gasteiger partial charge in [-0.1, -0.05) is 11.6 Å². The number of halogens is 1. The fourth-order valence-electron chi connectivity index (χ4n) is 1.62. The Bertz CT molecular complexity index is 451. The Balaban J connectivity index is 2.11. The van der Waals surface area contributed by atoms with Crippen LogP contribution in [0.4, 0.5) is 0 Å². The summed E-state index contributed by atoms with van der Waals surface area (Å²) in [6.45, 7) is 1.89. The Morgan fingerprint density at radius 2 is 2.25 bits per heavy atom. The third-order valence-corrected chi connectivity index (χ3v) is 4.94. The van der Waals surface area contributed by atoms with Gasteiger partial charge in [-0.3, -0.25) is 9.59 Å². The molecule has 112 valence electrons. The van der Waals surface area contributed by atoms with Crippen LogP contribution in [-0.4, -0.2) is 28.8 Å². The molecule has 0 radical (unpaired) electrons. The van der Waals surface area contributed by atoms with Gasteiger partial charge in [-0.05, 0) is 31.9 Å². The quantitative estimate of drug-likeness (QED) is 0.726. The molecule has 1 heterocycles. The second-order valence-electron chi connectivity index (χ2n) is 4.45. The van der Waals surface area contributed by atoms with Gasteiger partial charge in [0.15, 0.2) is 0 Å². The fourth-order valence-corrected chi connectivity index (χ4v) is 3.66. The Morgan fingerprint density at radius 3 is 2.85 bits per heavy atom. The van der Waals surface area contributed by atoms with Crippen LogP contribution >= 0.6 is 34.7 Å². The van der Waals surface area contributed by atoms with Crippen molar-refractivity contribution >= 4 is 46.6 Å². The monoisotopic (exact) mass is 335 g/mol. The molecule has 0 aliphatic heterocycles. The zero-order valence-corrected chi connectivity index (χ0v) is 13.6. The van der Waals surface area contributed by atoms with Crippen molar-refractivity contribution in [2.45, 2.75) is 38.0 Å². The number of carboxylic acid groups (broad SMARTS) is 1. The lowest BCUT2D eigenvalue weighted by Gasteiger charge is -2.12. The van der Waals surface area contributed by atoms with E-state index in [4.69, 9.17) is 16.7 Å². The van der Waals surface area contributed by atoms with E-state index in [1.807, 2.05) is 19.1 Å². The maximum atomic E-state index is 11.7. The highest BCUT2D eigenvalue weighted by molar-refractivity contribution is 7.99. The second-order valence-corrected chi connectivity index (χ2v) is 7.24. The first kappa shape index (κ1) is 17.3. The number of thiophene rings is 1. The van der Waals surface area contributed by atoms with Crippen LogP contribution in [0.15, 0.2) is 12.1 Å². The fraction of sp³-hybridized carbons (Fsp3) is 0.538. The van der Waals surface area contributed by atoms with Gasteiger partial charge in [-0.2, -0.15) is 0 Å². The first-order chi connectivity index (χ1) is 9.47. The van der Waals surface area contributed by atoms with E-state index >= 15 is 0 Å². The SMILES string of the molecule is CC(CCCC(=O)O)NC(=O)CSCc1ccc(Cl)s1. The number of carbonyl (C=O) groups excluding carboxylic acids is 1. The summed E-state index contributed by atoms with van der Waals surface area (Å²) in [5.74, 6) is 0.367. The number of thioether (sulfide) groups is 1. The molecule has 0 aliphatic rings. The molecule has 1 rings (SSSR count). The van der Waals surface area contributed by atoms with E-state index in [2.05, 4.69) is 5.32 Å². The number of carbonyl (C=O) groups is 2. The van der Waals surface area contributed by atoms with Crippen molar-refractivity contribution in [2.24, 2.45) is 0 Å². The van der Waals surface area contributed by atoms with Crippen LogP contribution in [0.2, 0.25) is 4.34 Å². The van der Waals surface area contributed by atoms with Gasteiger partial charge in [0.05, 0.1) is 10.1 Å². The van der Waals surface area contributed by atoms with Gasteiger partial charge in [0.1, 0.15) is 0 Å². The molecule has 0 fully saturated rings. The molecule has 0 aromatic carbocycles. The standard InChI is InChI=1S/C13H18ClNO3S2/c1-9(3-2-4-13(17)18)15-12(16)8-19-7-10-5-6-11(14)20-10/h5-6,9H,2-4,7-8H2,1H3,(H,15,16)(H,17,18). The zero-order valence-electron chi connectivity index (χ0n) is 11.2. The summed E-state index contributed by atoms with van der Waals surface area (Å²) in [7, 11) is 0. The lowest BCUT2D eigenvalue weighted by molar-refractivity contribution is -0.137. The molecule has 0 spiro atoms. The summed E-state index contributed by atoms with van der Waals surface area (Å²) in [5, 5.41) is 11.4. The third kappa shape index (κ3) is 7.77. The van der Waals surface area contributed by atoms with Crippen molar-refractivity contribution < 1.29 is 14.7 Å². The van der Waals surface area contributed by atoms with E-state index in [-0.39, 0.29) is 18.4 Å². The molecule has 2 N–H and O–H groups in total. The molecule has 1 aromatic heterocycles. The Morgan fingerprint density at radius 1 is 1.50 bits per heavy atom. The predicted molar refractivity (Wildman–Crippen MR) is 84.6 cm³/mol. The molecule has 7 heteroatoms. The molecule has 1 unspecified atom stereocenters. The van der Waals surface area contributed by atoms with Crippen LogP contribution < -0.4 is 5.32 Å². The van der Waals surface area contributed by atoms with Gasteiger partial charge in [0.25, 0.3) is 0 Å². The molecule has 1 aromatic rings. The summed E-state index contributed by atoms with van der Waals surface area (Å²) < 4.78 is 0.761. The minimum Gasteiger partial charge on any atom is -0.481 e. The van der Waals surface area contributed by atoms with E-state index < -0.39 is 5.97 Å². The average Bonchev–Trinajstić information content (AvgIpc) is 2.74. The topological polar surface area (TPSA) is 66.4 Å². The summed E-state index contributed by atoms with van der Waals surface area (Å²) in [6.07, 6.45) is 1.41. The van der Waals surface area contributed by atoms with Gasteiger partial charge in [-0.25, -0.2) is 0 Å². The summed E-state index contributed by atoms with van der Waals surface area (Å²) in [6, 6.07) is 3.83. The molecule has 0 saturated heterocycles. The van der Waals surface area contributed by atoms with E-state index in [1.54, 1.807) is 11.8 Å². The molecular weight excluding hydrogens is 318 g/mol. The number of nitrogens with one attached hydrogen (secondary N) is 1. The van der Waals surface area contributed by atoms with Crippen molar-refractivity contribution in [1.29, 1.82) is 0 Å². The number of aliphatic carboxylic acids is 1. The predicted octanol–water partition coefficient (Wildman–Crippen LogP) is 3.39. The summed E-state index contributed by atoms with van der Waals surface area (Å²) >= 11 is 8.90. The molecule has 0 saturated carbocycles. The highest BCUT2D eigenvalue weighted by atomic mass is 35.5. The van der Waals surface area contributed by atoms with Crippen LogP contribution in [0, 0.1) is 0 Å². The third-order valence-electron chi connectivity index (χ3n) is 2.54. The normalized spacial score (nSPS) is 12.1. The highest BCUT2D eigenvalue weighted by Crippen LogP contribution is 2.24. The van der Waals surface area contributed by atoms with E-state index in [0.717, 1.165) is 15.0 Å². The number of rotatable bonds is 9. The Hall–Kier alpha value is -0.720. The van der Waals surface area contributed by atoms with Gasteiger partial charge < -0.3 is 10.4 Å². The van der Waals surface area contributed by atoms with Crippen LogP contribution in [-0.2, 0) is 15.3 Å². The molecule has 20 heavy (non-hydrogen) atoms. The van der Waals surface area contributed by atoms with Crippen molar-refractivity contribution in [3.05, 3.63) is 21.3 Å². The van der Waals surface area contributed by atoms with Gasteiger partial charge >= 0.3 is 5.97 Å². The van der Waals surface area contributed by atoms with E-state index in [9.17, 15) is 9.59 Å². The maximum absolute atomic E-state index is 11.7. The van der Waals surface area contributed by atoms with Crippen LogP contribution in [0.3, 0.4) is 0 Å². The minimum atomic E-state index is -0.798.